The van der Waals surface area contributed by atoms with Crippen LogP contribution < -0.4 is 0 Å². The van der Waals surface area contributed by atoms with Crippen LogP contribution in [0.3, 0.4) is 0 Å². The second-order valence-corrected chi connectivity index (χ2v) is 6.40. The molecule has 4 nitrogen and oxygen atoms in total. The molecule has 0 atom stereocenters. The van der Waals surface area contributed by atoms with Crippen molar-refractivity contribution in [1.82, 2.24) is 0 Å². The van der Waals surface area contributed by atoms with Crippen LogP contribution in [0.2, 0.25) is 0 Å². The van der Waals surface area contributed by atoms with Crippen molar-refractivity contribution < 1.29 is 45.0 Å². The van der Waals surface area contributed by atoms with Crippen LogP contribution in [0.5, 0.6) is 0 Å². The fourth-order valence-corrected chi connectivity index (χ4v) is 2.31. The first kappa shape index (κ1) is 33.4. The van der Waals surface area contributed by atoms with Crippen LogP contribution >= 0.6 is 15.9 Å². The summed E-state index contributed by atoms with van der Waals surface area (Å²) in [6.45, 7) is -3.60. The summed E-state index contributed by atoms with van der Waals surface area (Å²) in [6.07, 6.45) is -8.83. The Balaban J connectivity index is 0. The zero-order valence-corrected chi connectivity index (χ0v) is 18.0. The Morgan fingerprint density at radius 1 is 0.824 bits per heavy atom. The van der Waals surface area contributed by atoms with Crippen molar-refractivity contribution in [2.24, 2.45) is 0 Å². The van der Waals surface area contributed by atoms with Gasteiger partial charge in [-0.3, -0.25) is 0 Å². The van der Waals surface area contributed by atoms with Crippen molar-refractivity contribution in [3.63, 3.8) is 0 Å². The minimum Gasteiger partial charge on any atom is -0.387 e. The molecule has 0 amide bonds. The van der Waals surface area contributed by atoms with E-state index in [0.29, 0.717) is 16.5 Å². The Labute approximate surface area is 199 Å². The van der Waals surface area contributed by atoms with Gasteiger partial charge in [-0.25, -0.2) is 8.78 Å². The second kappa shape index (κ2) is 16.0. The third-order valence-electron chi connectivity index (χ3n) is 3.22. The Kier molecular flexibility index (Phi) is 15.7. The lowest BCUT2D eigenvalue weighted by molar-refractivity contribution is -0.176. The molecule has 1 N–H and O–H groups in total. The number of alkyl halides is 7. The number of benzene rings is 2. The molecule has 0 saturated heterocycles. The van der Waals surface area contributed by atoms with Gasteiger partial charge in [-0.15, -0.1) is 0 Å². The van der Waals surface area contributed by atoms with E-state index in [4.69, 9.17) is 15.6 Å². The van der Waals surface area contributed by atoms with Crippen LogP contribution in [0.15, 0.2) is 36.4 Å². The number of rotatable bonds is 4. The Morgan fingerprint density at radius 3 is 1.59 bits per heavy atom. The van der Waals surface area contributed by atoms with Gasteiger partial charge < -0.3 is 9.84 Å². The number of hydrogen-bond donors (Lipinski definition) is 1. The number of ether oxygens (including phenoxy) is 1. The van der Waals surface area contributed by atoms with Gasteiger partial charge in [-0.2, -0.15) is 36.9 Å². The summed E-state index contributed by atoms with van der Waals surface area (Å²) in [6, 6.07) is 11.1. The van der Waals surface area contributed by atoms with Gasteiger partial charge >= 0.3 is 12.4 Å². The van der Waals surface area contributed by atoms with Gasteiger partial charge in [-0.05, 0) is 47.5 Å². The van der Waals surface area contributed by atoms with Crippen molar-refractivity contribution in [3.05, 3.63) is 70.3 Å². The highest BCUT2D eigenvalue weighted by Crippen LogP contribution is 2.17. The molecule has 0 unspecified atom stereocenters. The van der Waals surface area contributed by atoms with Gasteiger partial charge in [0.15, 0.2) is 0 Å². The molecular formula is C21H19BrF8N2O2. The van der Waals surface area contributed by atoms with Gasteiger partial charge in [-0.1, -0.05) is 23.4 Å². The van der Waals surface area contributed by atoms with E-state index >= 15 is 0 Å². The van der Waals surface area contributed by atoms with Gasteiger partial charge in [0.05, 0.1) is 29.9 Å². The lowest BCUT2D eigenvalue weighted by Crippen LogP contribution is -2.17. The first-order valence-electron chi connectivity index (χ1n) is 8.51. The molecule has 188 valence electrons. The van der Waals surface area contributed by atoms with Crippen LogP contribution in [0.4, 0.5) is 35.1 Å². The minimum atomic E-state index is -4.43. The smallest absolute Gasteiger partial charge is 0.387 e. The van der Waals surface area contributed by atoms with E-state index in [1.165, 1.54) is 24.3 Å². The van der Waals surface area contributed by atoms with E-state index in [1.54, 1.807) is 6.07 Å². The minimum absolute atomic E-state index is 0. The molecular weight excluding hydrogens is 544 g/mol. The average molecular weight is 563 g/mol. The molecule has 0 radical (unpaired) electrons. The molecule has 0 bridgehead atoms. The number of nitriles is 2. The Bertz CT molecular complexity index is 967. The number of halogens is 9. The summed E-state index contributed by atoms with van der Waals surface area (Å²) in [5, 5.41) is 25.0. The fourth-order valence-electron chi connectivity index (χ4n) is 1.85. The molecule has 13 heteroatoms. The molecule has 0 aromatic heterocycles. The lowest BCUT2D eigenvalue weighted by atomic mass is 10.1. The summed E-state index contributed by atoms with van der Waals surface area (Å²) in [7, 11) is 0. The molecule has 0 saturated carbocycles. The van der Waals surface area contributed by atoms with Gasteiger partial charge in [0.1, 0.15) is 24.8 Å². The molecule has 2 rings (SSSR count). The summed E-state index contributed by atoms with van der Waals surface area (Å²) in [4.78, 5) is 0. The molecule has 0 heterocycles. The SMILES string of the molecule is C.N#Cc1ccc(F)cc1CBr.N#Cc1ccc(F)cc1COCC(F)(F)F.OCC(F)(F)F. The fraction of sp³-hybridized carbons (Fsp3) is 0.333. The second-order valence-electron chi connectivity index (χ2n) is 5.84. The topological polar surface area (TPSA) is 77.0 Å². The zero-order chi connectivity index (χ0) is 25.7. The van der Waals surface area contributed by atoms with E-state index in [0.717, 1.165) is 12.1 Å². The molecule has 0 fully saturated rings. The maximum atomic E-state index is 12.8. The largest absolute Gasteiger partial charge is 0.411 e. The maximum absolute atomic E-state index is 12.8. The molecule has 0 aliphatic heterocycles. The first-order chi connectivity index (χ1) is 15.3. The summed E-state index contributed by atoms with van der Waals surface area (Å²) in [5.41, 5.74) is 1.41. The van der Waals surface area contributed by atoms with Gasteiger partial charge in [0.25, 0.3) is 0 Å². The molecule has 0 spiro atoms. The highest BCUT2D eigenvalue weighted by molar-refractivity contribution is 9.08. The normalized spacial score (nSPS) is 10.4. The summed E-state index contributed by atoms with van der Waals surface area (Å²) < 4.78 is 96.5. The van der Waals surface area contributed by atoms with Crippen molar-refractivity contribution in [3.8, 4) is 12.1 Å². The zero-order valence-electron chi connectivity index (χ0n) is 16.4. The van der Waals surface area contributed by atoms with Crippen molar-refractivity contribution in [2.75, 3.05) is 13.2 Å². The Morgan fingerprint density at radius 2 is 1.24 bits per heavy atom. The highest BCUT2D eigenvalue weighted by atomic mass is 79.9. The van der Waals surface area contributed by atoms with E-state index in [-0.39, 0.29) is 24.4 Å². The van der Waals surface area contributed by atoms with Crippen LogP contribution in [-0.4, -0.2) is 30.7 Å². The molecule has 34 heavy (non-hydrogen) atoms. The third-order valence-corrected chi connectivity index (χ3v) is 3.83. The maximum Gasteiger partial charge on any atom is 0.411 e. The third kappa shape index (κ3) is 15.2. The predicted molar refractivity (Wildman–Crippen MR) is 110 cm³/mol. The van der Waals surface area contributed by atoms with E-state index in [9.17, 15) is 35.1 Å². The summed E-state index contributed by atoms with van der Waals surface area (Å²) in [5.74, 6) is -0.928. The van der Waals surface area contributed by atoms with Gasteiger partial charge in [0.2, 0.25) is 0 Å². The highest BCUT2D eigenvalue weighted by Gasteiger charge is 2.27. The quantitative estimate of drug-likeness (QED) is 0.339. The first-order valence-corrected chi connectivity index (χ1v) is 9.63. The number of aliphatic hydroxyl groups excluding tert-OH is 1. The van der Waals surface area contributed by atoms with Crippen LogP contribution in [-0.2, 0) is 16.7 Å². The molecule has 2 aromatic rings. The summed E-state index contributed by atoms with van der Waals surface area (Å²) >= 11 is 3.17. The van der Waals surface area contributed by atoms with Crippen LogP contribution in [0, 0.1) is 34.3 Å². The Hall–Kier alpha value is -2.74. The van der Waals surface area contributed by atoms with E-state index in [1.807, 2.05) is 6.07 Å². The number of aliphatic hydroxyl groups is 1. The molecule has 2 aromatic carbocycles. The van der Waals surface area contributed by atoms with Gasteiger partial charge in [0, 0.05) is 5.33 Å². The predicted octanol–water partition coefficient (Wildman–Crippen LogP) is 6.55. The lowest BCUT2D eigenvalue weighted by Gasteiger charge is -2.08. The van der Waals surface area contributed by atoms with Crippen molar-refractivity contribution in [2.45, 2.75) is 31.7 Å². The molecule has 0 aliphatic rings. The number of nitrogens with zero attached hydrogens (tertiary/aromatic N) is 2. The van der Waals surface area contributed by atoms with E-state index in [2.05, 4.69) is 20.7 Å². The average Bonchev–Trinajstić information content (AvgIpc) is 2.73. The van der Waals surface area contributed by atoms with Crippen molar-refractivity contribution in [1.29, 1.82) is 10.5 Å². The van der Waals surface area contributed by atoms with Crippen LogP contribution in [0.25, 0.3) is 0 Å². The molecule has 0 aliphatic carbocycles. The van der Waals surface area contributed by atoms with Crippen molar-refractivity contribution >= 4 is 15.9 Å². The monoisotopic (exact) mass is 562 g/mol. The van der Waals surface area contributed by atoms with Crippen LogP contribution in [0.1, 0.15) is 29.7 Å². The van der Waals surface area contributed by atoms with E-state index < -0.39 is 38.0 Å². The standard InChI is InChI=1S/C10H7F4NO.C8H5BrFN.C2H3F3O.CH4/c11-9-2-1-7(4-15)8(3-9)5-16-6-10(12,13)14;9-4-7-3-8(10)2-1-6(7)5-11;3-2(4,5)1-6;/h1-3H,5-6H2;1-3H,4H2;6H,1H2;1H4. The number of hydrogen-bond acceptors (Lipinski definition) is 4.